The topological polar surface area (TPSA) is 94.8 Å². The molecule has 8 nitrogen and oxygen atoms in total. The van der Waals surface area contributed by atoms with E-state index in [0.29, 0.717) is 65.5 Å². The lowest BCUT2D eigenvalue weighted by Crippen LogP contribution is -2.47. The highest BCUT2D eigenvalue weighted by Crippen LogP contribution is 2.37. The van der Waals surface area contributed by atoms with Gasteiger partial charge in [-0.25, -0.2) is 8.42 Å². The van der Waals surface area contributed by atoms with Crippen LogP contribution in [0.1, 0.15) is 23.6 Å². The molecular formula is C15H19N3O5S2. The van der Waals surface area contributed by atoms with Crippen LogP contribution in [0, 0.1) is 13.8 Å². The highest BCUT2D eigenvalue weighted by molar-refractivity contribution is 7.89. The molecule has 10 heteroatoms. The largest absolute Gasteiger partial charge is 0.347 e. The maximum atomic E-state index is 13.0. The van der Waals surface area contributed by atoms with Crippen LogP contribution in [-0.2, 0) is 19.5 Å². The number of ether oxygens (including phenoxy) is 2. The van der Waals surface area contributed by atoms with Crippen molar-refractivity contribution >= 4 is 21.4 Å². The second-order valence-electron chi connectivity index (χ2n) is 6.18. The van der Waals surface area contributed by atoms with Crippen molar-refractivity contribution in [2.75, 3.05) is 26.3 Å². The number of rotatable bonds is 3. The van der Waals surface area contributed by atoms with Gasteiger partial charge in [0.25, 0.3) is 0 Å². The van der Waals surface area contributed by atoms with Crippen molar-refractivity contribution in [3.05, 3.63) is 16.8 Å². The minimum Gasteiger partial charge on any atom is -0.347 e. The summed E-state index contributed by atoms with van der Waals surface area (Å²) in [5.74, 6) is 0.268. The second kappa shape index (κ2) is 6.13. The van der Waals surface area contributed by atoms with Crippen molar-refractivity contribution in [1.29, 1.82) is 0 Å². The first-order chi connectivity index (χ1) is 11.9. The van der Waals surface area contributed by atoms with Gasteiger partial charge in [0.1, 0.15) is 0 Å². The molecule has 2 aromatic heterocycles. The van der Waals surface area contributed by atoms with Gasteiger partial charge in [-0.1, -0.05) is 5.16 Å². The Morgan fingerprint density at radius 2 is 1.88 bits per heavy atom. The fourth-order valence-corrected chi connectivity index (χ4v) is 6.15. The van der Waals surface area contributed by atoms with Crippen LogP contribution in [0.25, 0.3) is 10.7 Å². The zero-order chi connectivity index (χ0) is 17.7. The average molecular weight is 385 g/mol. The molecule has 4 rings (SSSR count). The Balaban J connectivity index is 1.57. The first-order valence-electron chi connectivity index (χ1n) is 8.09. The number of hydrogen-bond acceptors (Lipinski definition) is 8. The molecular weight excluding hydrogens is 366 g/mol. The lowest BCUT2D eigenvalue weighted by atomic mass is 10.1. The molecule has 0 unspecified atom stereocenters. The molecule has 25 heavy (non-hydrogen) atoms. The van der Waals surface area contributed by atoms with Crippen LogP contribution in [0.2, 0.25) is 0 Å². The van der Waals surface area contributed by atoms with Crippen molar-refractivity contribution in [3.8, 4) is 10.7 Å². The van der Waals surface area contributed by atoms with Gasteiger partial charge >= 0.3 is 0 Å². The third kappa shape index (κ3) is 3.02. The fraction of sp³-hybridized carbons (Fsp3) is 0.600. The molecule has 2 aliphatic rings. The summed E-state index contributed by atoms with van der Waals surface area (Å²) in [5, 5.41) is 3.87. The van der Waals surface area contributed by atoms with E-state index in [-0.39, 0.29) is 0 Å². The first-order valence-corrected chi connectivity index (χ1v) is 10.3. The standard InChI is InChI=1S/C15H19N3O5S2/c1-10-13(9-12(24-10)14-16-11(2)23-17-14)25(19,20)18-5-3-15(4-6-18)21-7-8-22-15/h9H,3-8H2,1-2H3. The minimum atomic E-state index is -3.57. The number of piperidine rings is 1. The maximum absolute atomic E-state index is 13.0. The molecule has 2 saturated heterocycles. The van der Waals surface area contributed by atoms with Gasteiger partial charge in [0.05, 0.1) is 23.0 Å². The average Bonchev–Trinajstić information content (AvgIpc) is 3.29. The lowest BCUT2D eigenvalue weighted by Gasteiger charge is -2.36. The van der Waals surface area contributed by atoms with E-state index < -0.39 is 15.8 Å². The monoisotopic (exact) mass is 385 g/mol. The highest BCUT2D eigenvalue weighted by Gasteiger charge is 2.43. The van der Waals surface area contributed by atoms with Crippen LogP contribution in [-0.4, -0.2) is 55.0 Å². The van der Waals surface area contributed by atoms with Crippen LogP contribution < -0.4 is 0 Å². The van der Waals surface area contributed by atoms with Gasteiger partial charge in [-0.3, -0.25) is 0 Å². The fourth-order valence-electron chi connectivity index (χ4n) is 3.22. The number of sulfonamides is 1. The number of nitrogens with zero attached hydrogens (tertiary/aromatic N) is 3. The van der Waals surface area contributed by atoms with E-state index in [9.17, 15) is 8.42 Å². The second-order valence-corrected chi connectivity index (χ2v) is 9.34. The molecule has 0 N–H and O–H groups in total. The Labute approximate surface area is 149 Å². The molecule has 0 amide bonds. The van der Waals surface area contributed by atoms with Gasteiger partial charge in [-0.05, 0) is 13.0 Å². The van der Waals surface area contributed by atoms with Crippen LogP contribution in [0.3, 0.4) is 0 Å². The van der Waals surface area contributed by atoms with E-state index in [2.05, 4.69) is 10.1 Å². The Morgan fingerprint density at radius 1 is 1.20 bits per heavy atom. The molecule has 1 spiro atoms. The number of hydrogen-bond donors (Lipinski definition) is 0. The Hall–Kier alpha value is -1.33. The van der Waals surface area contributed by atoms with Crippen molar-refractivity contribution in [2.45, 2.75) is 37.4 Å². The molecule has 0 radical (unpaired) electrons. The van der Waals surface area contributed by atoms with Crippen molar-refractivity contribution in [1.82, 2.24) is 14.4 Å². The normalized spacial score (nSPS) is 21.2. The van der Waals surface area contributed by atoms with Crippen molar-refractivity contribution < 1.29 is 22.4 Å². The summed E-state index contributed by atoms with van der Waals surface area (Å²) in [6.45, 7) is 5.41. The van der Waals surface area contributed by atoms with E-state index in [1.165, 1.54) is 15.6 Å². The van der Waals surface area contributed by atoms with E-state index in [0.717, 1.165) is 0 Å². The number of aryl methyl sites for hydroxylation is 2. The van der Waals surface area contributed by atoms with Crippen LogP contribution >= 0.6 is 11.3 Å². The quantitative estimate of drug-likeness (QED) is 0.797. The van der Waals surface area contributed by atoms with Gasteiger partial charge in [0.2, 0.25) is 21.7 Å². The summed E-state index contributed by atoms with van der Waals surface area (Å²) in [7, 11) is -3.57. The minimum absolute atomic E-state index is 0.305. The van der Waals surface area contributed by atoms with Crippen LogP contribution in [0.15, 0.2) is 15.5 Å². The Bertz CT molecular complexity index is 873. The number of thiophene rings is 1. The maximum Gasteiger partial charge on any atom is 0.244 e. The van der Waals surface area contributed by atoms with Gasteiger partial charge in [0.15, 0.2) is 5.79 Å². The first kappa shape index (κ1) is 17.1. The molecule has 2 aliphatic heterocycles. The third-order valence-corrected chi connectivity index (χ3v) is 7.74. The van der Waals surface area contributed by atoms with E-state index in [1.807, 2.05) is 0 Å². The summed E-state index contributed by atoms with van der Waals surface area (Å²) >= 11 is 1.35. The SMILES string of the molecule is Cc1nc(-c2cc(S(=O)(=O)N3CCC4(CC3)OCCO4)c(C)s2)no1. The summed E-state index contributed by atoms with van der Waals surface area (Å²) in [5.41, 5.74) is 0. The van der Waals surface area contributed by atoms with E-state index in [4.69, 9.17) is 14.0 Å². The molecule has 0 atom stereocenters. The molecule has 0 saturated carbocycles. The molecule has 4 heterocycles. The van der Waals surface area contributed by atoms with Crippen molar-refractivity contribution in [2.24, 2.45) is 0 Å². The Morgan fingerprint density at radius 3 is 2.48 bits per heavy atom. The molecule has 0 aliphatic carbocycles. The smallest absolute Gasteiger partial charge is 0.244 e. The van der Waals surface area contributed by atoms with Gasteiger partial charge in [0, 0.05) is 37.7 Å². The molecule has 0 bridgehead atoms. The molecule has 0 aromatic carbocycles. The lowest BCUT2D eigenvalue weighted by molar-refractivity contribution is -0.179. The van der Waals surface area contributed by atoms with Gasteiger partial charge in [-0.15, -0.1) is 11.3 Å². The molecule has 2 fully saturated rings. The van der Waals surface area contributed by atoms with Crippen LogP contribution in [0.5, 0.6) is 0 Å². The molecule has 136 valence electrons. The van der Waals surface area contributed by atoms with Gasteiger partial charge in [-0.2, -0.15) is 9.29 Å². The zero-order valence-electron chi connectivity index (χ0n) is 14.0. The predicted molar refractivity (Wildman–Crippen MR) is 89.7 cm³/mol. The summed E-state index contributed by atoms with van der Waals surface area (Å²) in [6, 6.07) is 1.63. The summed E-state index contributed by atoms with van der Waals surface area (Å²) in [4.78, 5) is 5.87. The summed E-state index contributed by atoms with van der Waals surface area (Å²) in [6.07, 6.45) is 1.10. The van der Waals surface area contributed by atoms with Gasteiger partial charge < -0.3 is 14.0 Å². The van der Waals surface area contributed by atoms with Crippen molar-refractivity contribution in [3.63, 3.8) is 0 Å². The number of aromatic nitrogens is 2. The molecule has 2 aromatic rings. The zero-order valence-corrected chi connectivity index (χ0v) is 15.7. The van der Waals surface area contributed by atoms with Crippen LogP contribution in [0.4, 0.5) is 0 Å². The highest BCUT2D eigenvalue weighted by atomic mass is 32.2. The van der Waals surface area contributed by atoms with E-state index in [1.54, 1.807) is 19.9 Å². The third-order valence-electron chi connectivity index (χ3n) is 4.54. The summed E-state index contributed by atoms with van der Waals surface area (Å²) < 4.78 is 43.9. The predicted octanol–water partition coefficient (Wildman–Crippen LogP) is 1.94. The Kier molecular flexibility index (Phi) is 4.19. The van der Waals surface area contributed by atoms with E-state index >= 15 is 0 Å².